The van der Waals surface area contributed by atoms with Crippen molar-refractivity contribution in [3.05, 3.63) is 0 Å². The molecule has 1 atom stereocenters. The first-order chi connectivity index (χ1) is 5.20. The second kappa shape index (κ2) is 5.52. The summed E-state index contributed by atoms with van der Waals surface area (Å²) in [4.78, 5) is 20.0. The molecule has 0 spiro atoms. The Morgan fingerprint density at radius 2 is 2.27 bits per heavy atom. The van der Waals surface area contributed by atoms with E-state index in [1.165, 1.54) is 6.92 Å². The molecule has 5 heteroatoms. The summed E-state index contributed by atoms with van der Waals surface area (Å²) in [6.45, 7) is 4.37. The molecule has 0 aliphatic carbocycles. The largest absolute Gasteiger partial charge is 0.511 e. The van der Waals surface area contributed by atoms with Crippen molar-refractivity contribution in [2.24, 2.45) is 0 Å². The van der Waals surface area contributed by atoms with Gasteiger partial charge in [0.15, 0.2) is 0 Å². The predicted octanol–water partition coefficient (Wildman–Crippen LogP) is 0.589. The van der Waals surface area contributed by atoms with Gasteiger partial charge in [0.05, 0.1) is 6.61 Å². The molecule has 0 aromatic heterocycles. The second-order valence-electron chi connectivity index (χ2n) is 1.57. The quantitative estimate of drug-likeness (QED) is 0.446. The molecule has 0 aliphatic rings. The third-order valence-electron chi connectivity index (χ3n) is 0.738. The maximum absolute atomic E-state index is 10.5. The lowest BCUT2D eigenvalue weighted by Gasteiger charge is -2.08. The summed E-state index contributed by atoms with van der Waals surface area (Å²) in [6.07, 6.45) is -1.82. The summed E-state index contributed by atoms with van der Waals surface area (Å²) >= 11 is 0. The van der Waals surface area contributed by atoms with Gasteiger partial charge >= 0.3 is 12.6 Å². The van der Waals surface area contributed by atoms with Crippen LogP contribution in [0.4, 0.5) is 4.79 Å². The fraction of sp³-hybridized carbons (Fsp3) is 0.667. The molecule has 0 saturated carbocycles. The smallest absolute Gasteiger partial charge is 0.435 e. The predicted molar refractivity (Wildman–Crippen MR) is 34.3 cm³/mol. The van der Waals surface area contributed by atoms with Gasteiger partial charge in [-0.2, -0.15) is 0 Å². The van der Waals surface area contributed by atoms with Gasteiger partial charge in [0, 0.05) is 6.92 Å². The lowest BCUT2D eigenvalue weighted by molar-refractivity contribution is -0.0594. The monoisotopic (exact) mass is 161 g/mol. The highest BCUT2D eigenvalue weighted by molar-refractivity contribution is 5.60. The van der Waals surface area contributed by atoms with Gasteiger partial charge in [-0.3, -0.25) is 0 Å². The van der Waals surface area contributed by atoms with Gasteiger partial charge in [0.1, 0.15) is 0 Å². The number of rotatable bonds is 4. The zero-order valence-electron chi connectivity index (χ0n) is 6.33. The summed E-state index contributed by atoms with van der Waals surface area (Å²) in [5.74, 6) is 0. The van der Waals surface area contributed by atoms with E-state index >= 15 is 0 Å². The Morgan fingerprint density at radius 1 is 1.64 bits per heavy atom. The van der Waals surface area contributed by atoms with Crippen LogP contribution in [0.2, 0.25) is 0 Å². The first kappa shape index (κ1) is 9.74. The number of carbonyl (C=O) groups is 1. The van der Waals surface area contributed by atoms with Gasteiger partial charge in [-0.05, 0) is 6.92 Å². The van der Waals surface area contributed by atoms with E-state index in [0.29, 0.717) is 0 Å². The van der Waals surface area contributed by atoms with Gasteiger partial charge in [-0.1, -0.05) is 0 Å². The minimum absolute atomic E-state index is 0.219. The molecule has 0 N–H and O–H groups in total. The lowest BCUT2D eigenvalue weighted by atomic mass is 10.7. The molecule has 0 amide bonds. The first-order valence-electron chi connectivity index (χ1n) is 3.07. The molecule has 0 aromatic carbocycles. The van der Waals surface area contributed by atoms with E-state index in [1.54, 1.807) is 6.92 Å². The van der Waals surface area contributed by atoms with Crippen LogP contribution in [-0.2, 0) is 19.0 Å². The lowest BCUT2D eigenvalue weighted by Crippen LogP contribution is -2.18. The highest BCUT2D eigenvalue weighted by Crippen LogP contribution is 1.93. The first-order valence-corrected chi connectivity index (χ1v) is 3.07. The van der Waals surface area contributed by atoms with Crippen LogP contribution in [0, 0.1) is 0 Å². The van der Waals surface area contributed by atoms with Gasteiger partial charge < -0.3 is 14.2 Å². The molecule has 5 nitrogen and oxygen atoms in total. The maximum Gasteiger partial charge on any atom is 0.511 e. The average Bonchev–Trinajstić information content (AvgIpc) is 1.87. The van der Waals surface area contributed by atoms with E-state index in [-0.39, 0.29) is 6.61 Å². The van der Waals surface area contributed by atoms with Gasteiger partial charge in [-0.25, -0.2) is 9.59 Å². The van der Waals surface area contributed by atoms with Gasteiger partial charge in [0.25, 0.3) is 0 Å². The number of hydrogen-bond acceptors (Lipinski definition) is 5. The molecule has 0 bridgehead atoms. The second-order valence-corrected chi connectivity index (χ2v) is 1.57. The van der Waals surface area contributed by atoms with Crippen molar-refractivity contribution < 1.29 is 23.8 Å². The van der Waals surface area contributed by atoms with Crippen LogP contribution in [0.15, 0.2) is 0 Å². The number of hydrogen-bond donors (Lipinski definition) is 0. The minimum Gasteiger partial charge on any atom is -0.435 e. The Bertz CT molecular complexity index is 133. The zero-order valence-corrected chi connectivity index (χ0v) is 6.33. The third-order valence-corrected chi connectivity index (χ3v) is 0.738. The van der Waals surface area contributed by atoms with E-state index < -0.39 is 12.4 Å². The van der Waals surface area contributed by atoms with Crippen LogP contribution in [0.3, 0.4) is 0 Å². The van der Waals surface area contributed by atoms with Crippen molar-refractivity contribution in [2.45, 2.75) is 20.1 Å². The van der Waals surface area contributed by atoms with Crippen LogP contribution in [0.1, 0.15) is 13.8 Å². The van der Waals surface area contributed by atoms with Crippen LogP contribution < -0.4 is 0 Å². The maximum atomic E-state index is 10.5. The SMILES string of the molecule is CCOC(=O)OC(C)O[C]=O. The molecule has 11 heavy (non-hydrogen) atoms. The Hall–Kier alpha value is -1.26. The summed E-state index contributed by atoms with van der Waals surface area (Å²) in [7, 11) is 0. The molecule has 0 fully saturated rings. The van der Waals surface area contributed by atoms with Gasteiger partial charge in [0.2, 0.25) is 6.29 Å². The van der Waals surface area contributed by atoms with Crippen molar-refractivity contribution >= 4 is 12.6 Å². The molecular weight excluding hydrogens is 152 g/mol. The fourth-order valence-corrected chi connectivity index (χ4v) is 0.379. The Morgan fingerprint density at radius 3 is 2.73 bits per heavy atom. The average molecular weight is 161 g/mol. The molecule has 1 unspecified atom stereocenters. The minimum atomic E-state index is -0.952. The van der Waals surface area contributed by atoms with E-state index in [9.17, 15) is 9.59 Å². The van der Waals surface area contributed by atoms with E-state index in [4.69, 9.17) is 0 Å². The summed E-state index contributed by atoms with van der Waals surface area (Å²) < 4.78 is 12.9. The normalized spacial score (nSPS) is 11.5. The molecule has 0 rings (SSSR count). The molecule has 63 valence electrons. The Kier molecular flexibility index (Phi) is 4.89. The van der Waals surface area contributed by atoms with Crippen LogP contribution >= 0.6 is 0 Å². The summed E-state index contributed by atoms with van der Waals surface area (Å²) in [6, 6.07) is 0. The Labute approximate surface area is 64.2 Å². The van der Waals surface area contributed by atoms with Crippen molar-refractivity contribution in [2.75, 3.05) is 6.61 Å². The Balaban J connectivity index is 3.48. The standard InChI is InChI=1S/C6H9O5/c1-3-9-6(8)11-5(2)10-4-7/h5H,3H2,1-2H3. The topological polar surface area (TPSA) is 61.8 Å². The molecule has 0 heterocycles. The van der Waals surface area contributed by atoms with Crippen molar-refractivity contribution in [1.29, 1.82) is 0 Å². The van der Waals surface area contributed by atoms with Crippen LogP contribution in [0.25, 0.3) is 0 Å². The summed E-state index contributed by atoms with van der Waals surface area (Å²) in [5, 5.41) is 0. The molecule has 0 aromatic rings. The highest BCUT2D eigenvalue weighted by Gasteiger charge is 2.09. The van der Waals surface area contributed by atoms with E-state index in [1.807, 2.05) is 0 Å². The highest BCUT2D eigenvalue weighted by atomic mass is 16.8. The number of ether oxygens (including phenoxy) is 3. The van der Waals surface area contributed by atoms with Crippen LogP contribution in [0.5, 0.6) is 0 Å². The molecule has 0 saturated heterocycles. The summed E-state index contributed by atoms with van der Waals surface area (Å²) in [5.41, 5.74) is 0. The molecular formula is C6H9O5. The third kappa shape index (κ3) is 5.20. The van der Waals surface area contributed by atoms with Crippen LogP contribution in [-0.4, -0.2) is 25.5 Å². The van der Waals surface area contributed by atoms with E-state index in [2.05, 4.69) is 14.2 Å². The zero-order chi connectivity index (χ0) is 8.69. The molecule has 1 radical (unpaired) electrons. The molecule has 0 aliphatic heterocycles. The van der Waals surface area contributed by atoms with Crippen molar-refractivity contribution in [1.82, 2.24) is 0 Å². The number of carbonyl (C=O) groups excluding carboxylic acids is 2. The van der Waals surface area contributed by atoms with Gasteiger partial charge in [-0.15, -0.1) is 0 Å². The van der Waals surface area contributed by atoms with E-state index in [0.717, 1.165) is 6.47 Å². The fourth-order valence-electron chi connectivity index (χ4n) is 0.379. The van der Waals surface area contributed by atoms with Crippen molar-refractivity contribution in [3.8, 4) is 0 Å². The van der Waals surface area contributed by atoms with Crippen molar-refractivity contribution in [3.63, 3.8) is 0 Å².